The Morgan fingerprint density at radius 2 is 2.17 bits per heavy atom. The van der Waals surface area contributed by atoms with Gasteiger partial charge in [0.1, 0.15) is 6.04 Å². The Hall–Kier alpha value is -2.56. The Balaban J connectivity index is 1.95. The number of benzene rings is 1. The zero-order chi connectivity index (χ0) is 16.1. The fourth-order valence-corrected chi connectivity index (χ4v) is 3.67. The number of fused-ring (bicyclic) bond motifs is 3. The molecule has 0 saturated carbocycles. The Morgan fingerprint density at radius 1 is 1.35 bits per heavy atom. The van der Waals surface area contributed by atoms with Crippen molar-refractivity contribution in [3.63, 3.8) is 0 Å². The summed E-state index contributed by atoms with van der Waals surface area (Å²) in [5, 5.41) is 4.03. The van der Waals surface area contributed by atoms with E-state index in [-0.39, 0.29) is 23.8 Å². The van der Waals surface area contributed by atoms with Crippen molar-refractivity contribution in [2.24, 2.45) is 0 Å². The van der Waals surface area contributed by atoms with Gasteiger partial charge in [0.2, 0.25) is 11.8 Å². The fraction of sp³-hybridized carbons (Fsp3) is 0.333. The van der Waals surface area contributed by atoms with Crippen LogP contribution in [-0.4, -0.2) is 34.3 Å². The Morgan fingerprint density at radius 3 is 2.96 bits per heavy atom. The summed E-state index contributed by atoms with van der Waals surface area (Å²) in [5.74, 6) is -0.102. The Labute approximate surface area is 134 Å². The zero-order valence-corrected chi connectivity index (χ0v) is 13.2. The summed E-state index contributed by atoms with van der Waals surface area (Å²) < 4.78 is 0. The molecular formula is C18H19N3O2. The van der Waals surface area contributed by atoms with Crippen LogP contribution in [0.1, 0.15) is 36.9 Å². The summed E-state index contributed by atoms with van der Waals surface area (Å²) in [4.78, 5) is 30.1. The van der Waals surface area contributed by atoms with Crippen LogP contribution < -0.4 is 5.32 Å². The number of carbonyl (C=O) groups is 2. The van der Waals surface area contributed by atoms with Crippen molar-refractivity contribution in [2.45, 2.75) is 31.8 Å². The normalized spacial score (nSPS) is 22.6. The van der Waals surface area contributed by atoms with Gasteiger partial charge < -0.3 is 15.2 Å². The van der Waals surface area contributed by atoms with Gasteiger partial charge in [-0.25, -0.2) is 0 Å². The van der Waals surface area contributed by atoms with Gasteiger partial charge in [0.05, 0.1) is 0 Å². The summed E-state index contributed by atoms with van der Waals surface area (Å²) in [7, 11) is 0. The second-order valence-electron chi connectivity index (χ2n) is 6.54. The molecule has 0 aliphatic carbocycles. The molecule has 2 N–H and O–H groups in total. The number of aromatic amines is 1. The molecule has 23 heavy (non-hydrogen) atoms. The van der Waals surface area contributed by atoms with Crippen molar-refractivity contribution >= 4 is 22.7 Å². The highest BCUT2D eigenvalue weighted by atomic mass is 16.2. The predicted octanol–water partition coefficient (Wildman–Crippen LogP) is 2.23. The van der Waals surface area contributed by atoms with Crippen molar-refractivity contribution in [2.75, 3.05) is 6.54 Å². The number of aromatic nitrogens is 1. The van der Waals surface area contributed by atoms with E-state index in [4.69, 9.17) is 0 Å². The van der Waals surface area contributed by atoms with Crippen LogP contribution >= 0.6 is 0 Å². The molecule has 118 valence electrons. The smallest absolute Gasteiger partial charge is 0.247 e. The third-order valence-electron chi connectivity index (χ3n) is 4.60. The minimum Gasteiger partial charge on any atom is -0.361 e. The van der Waals surface area contributed by atoms with Crippen LogP contribution in [0.15, 0.2) is 36.5 Å². The standard InChI is InChI=1S/C18H19N3O2/c1-10(2)20-18(23)17-13-8-19-14-5-3-4-12(16(13)14)11-6-7-15(22)21(17)9-11/h3-8,10-11,17,19H,9H2,1-2H3,(H,20,23)/t11-,17-/m1/s1. The lowest BCUT2D eigenvalue weighted by Crippen LogP contribution is -2.46. The summed E-state index contributed by atoms with van der Waals surface area (Å²) in [6.07, 6.45) is 5.41. The second-order valence-corrected chi connectivity index (χ2v) is 6.54. The molecule has 2 atom stereocenters. The average molecular weight is 309 g/mol. The molecule has 2 aliphatic rings. The maximum absolute atomic E-state index is 12.8. The van der Waals surface area contributed by atoms with Crippen molar-refractivity contribution in [1.82, 2.24) is 15.2 Å². The largest absolute Gasteiger partial charge is 0.361 e. The van der Waals surface area contributed by atoms with Crippen molar-refractivity contribution < 1.29 is 9.59 Å². The number of rotatable bonds is 2. The molecule has 0 unspecified atom stereocenters. The first kappa shape index (κ1) is 14.1. The van der Waals surface area contributed by atoms with Crippen LogP contribution in [0.2, 0.25) is 0 Å². The van der Waals surface area contributed by atoms with Crippen molar-refractivity contribution in [1.29, 1.82) is 0 Å². The van der Waals surface area contributed by atoms with Crippen LogP contribution in [0.25, 0.3) is 10.9 Å². The average Bonchev–Trinajstić information content (AvgIpc) is 2.87. The van der Waals surface area contributed by atoms with Crippen LogP contribution in [0.3, 0.4) is 0 Å². The molecule has 1 aromatic heterocycles. The van der Waals surface area contributed by atoms with Gasteiger partial charge in [-0.3, -0.25) is 9.59 Å². The van der Waals surface area contributed by atoms with E-state index >= 15 is 0 Å². The van der Waals surface area contributed by atoms with E-state index in [0.717, 1.165) is 16.5 Å². The zero-order valence-electron chi connectivity index (χ0n) is 13.2. The van der Waals surface area contributed by atoms with E-state index in [1.165, 1.54) is 5.56 Å². The Kier molecular flexibility index (Phi) is 3.04. The third kappa shape index (κ3) is 2.07. The van der Waals surface area contributed by atoms with Gasteiger partial charge in [0.25, 0.3) is 0 Å². The maximum atomic E-state index is 12.8. The molecule has 3 heterocycles. The summed E-state index contributed by atoms with van der Waals surface area (Å²) >= 11 is 0. The van der Waals surface area contributed by atoms with E-state index in [1.54, 1.807) is 11.0 Å². The molecule has 1 aromatic carbocycles. The van der Waals surface area contributed by atoms with Crippen LogP contribution in [0.5, 0.6) is 0 Å². The molecule has 4 rings (SSSR count). The predicted molar refractivity (Wildman–Crippen MR) is 87.9 cm³/mol. The molecule has 5 nitrogen and oxygen atoms in total. The van der Waals surface area contributed by atoms with Gasteiger partial charge >= 0.3 is 0 Å². The SMILES string of the molecule is CC(C)NC(=O)[C@H]1c2c[nH]c3cccc(c23)[C@@H]2C=CC(=O)N1C2. The van der Waals surface area contributed by atoms with Gasteiger partial charge in [0.15, 0.2) is 0 Å². The monoisotopic (exact) mass is 309 g/mol. The van der Waals surface area contributed by atoms with Gasteiger partial charge in [0, 0.05) is 41.2 Å². The fourth-order valence-electron chi connectivity index (χ4n) is 3.67. The maximum Gasteiger partial charge on any atom is 0.247 e. The van der Waals surface area contributed by atoms with Crippen LogP contribution in [0.4, 0.5) is 0 Å². The van der Waals surface area contributed by atoms with Gasteiger partial charge in [-0.1, -0.05) is 18.2 Å². The molecule has 0 spiro atoms. The minimum atomic E-state index is -0.588. The molecule has 5 heteroatoms. The van der Waals surface area contributed by atoms with E-state index in [9.17, 15) is 9.59 Å². The molecule has 0 fully saturated rings. The minimum absolute atomic E-state index is 0.0293. The van der Waals surface area contributed by atoms with E-state index in [0.29, 0.717) is 6.54 Å². The van der Waals surface area contributed by atoms with Crippen molar-refractivity contribution in [3.05, 3.63) is 47.7 Å². The van der Waals surface area contributed by atoms with Crippen LogP contribution in [0, 0.1) is 0 Å². The first-order valence-electron chi connectivity index (χ1n) is 7.95. The van der Waals surface area contributed by atoms with E-state index < -0.39 is 6.04 Å². The van der Waals surface area contributed by atoms with E-state index in [1.807, 2.05) is 38.3 Å². The van der Waals surface area contributed by atoms with Gasteiger partial charge in [-0.15, -0.1) is 0 Å². The number of hydrogen-bond acceptors (Lipinski definition) is 2. The highest BCUT2D eigenvalue weighted by Gasteiger charge is 2.39. The topological polar surface area (TPSA) is 65.2 Å². The third-order valence-corrected chi connectivity index (χ3v) is 4.60. The summed E-state index contributed by atoms with van der Waals surface area (Å²) in [6, 6.07) is 5.55. The Bertz CT molecular complexity index is 834. The lowest BCUT2D eigenvalue weighted by atomic mass is 9.93. The number of carbonyl (C=O) groups excluding carboxylic acids is 2. The molecule has 0 saturated heterocycles. The molecule has 2 aromatic rings. The van der Waals surface area contributed by atoms with Crippen molar-refractivity contribution in [3.8, 4) is 0 Å². The molecular weight excluding hydrogens is 290 g/mol. The van der Waals surface area contributed by atoms with E-state index in [2.05, 4.69) is 16.4 Å². The number of hydrogen-bond donors (Lipinski definition) is 2. The van der Waals surface area contributed by atoms with Gasteiger partial charge in [-0.2, -0.15) is 0 Å². The summed E-state index contributed by atoms with van der Waals surface area (Å²) in [5.41, 5.74) is 3.06. The number of amides is 2. The number of nitrogens with zero attached hydrogens (tertiary/aromatic N) is 1. The molecule has 2 bridgehead atoms. The van der Waals surface area contributed by atoms with Gasteiger partial charge in [-0.05, 0) is 31.6 Å². The highest BCUT2D eigenvalue weighted by Crippen LogP contribution is 2.41. The first-order valence-corrected chi connectivity index (χ1v) is 7.95. The second kappa shape index (κ2) is 4.98. The number of nitrogens with one attached hydrogen (secondary N) is 2. The lowest BCUT2D eigenvalue weighted by Gasteiger charge is -2.32. The van der Waals surface area contributed by atoms with Crippen LogP contribution in [-0.2, 0) is 9.59 Å². The lowest BCUT2D eigenvalue weighted by molar-refractivity contribution is -0.138. The molecule has 0 radical (unpaired) electrons. The highest BCUT2D eigenvalue weighted by molar-refractivity contribution is 6.00. The summed E-state index contributed by atoms with van der Waals surface area (Å²) in [6.45, 7) is 4.39. The number of H-pyrrole nitrogens is 1. The molecule has 2 amide bonds. The quantitative estimate of drug-likeness (QED) is 0.893. The molecule has 2 aliphatic heterocycles. The first-order chi connectivity index (χ1) is 11.1.